The fraction of sp³-hybridized carbons (Fsp3) is 0.267. The van der Waals surface area contributed by atoms with E-state index in [0.29, 0.717) is 65.7 Å². The maximum absolute atomic E-state index is 12.7. The van der Waals surface area contributed by atoms with Crippen LogP contribution in [0.5, 0.6) is 40.8 Å². The second-order valence-electron chi connectivity index (χ2n) is 15.6. The SMILES string of the molecule is O=c1nc(OCC2COc3ncccc3O2)cc2n1CCc1cc(NCc3ncco3)ccc1-2.O=c1nc(OCC2COc3ncccc3O2)cc2n1CCc1cc(OS(=O)(=O)C(F)(F)F)ccc1-2. The van der Waals surface area contributed by atoms with Crippen LogP contribution in [0.15, 0.2) is 112 Å². The predicted octanol–water partition coefficient (Wildman–Crippen LogP) is 4.99. The molecule has 2 atom stereocenters. The van der Waals surface area contributed by atoms with Crippen LogP contribution in [0.4, 0.5) is 18.9 Å². The minimum absolute atomic E-state index is 0.0228. The molecule has 4 aliphatic heterocycles. The molecule has 0 amide bonds. The third kappa shape index (κ3) is 9.68. The number of pyridine rings is 2. The van der Waals surface area contributed by atoms with Crippen LogP contribution < -0.4 is 49.3 Å². The summed E-state index contributed by atoms with van der Waals surface area (Å²) >= 11 is 0. The quantitative estimate of drug-likeness (QED) is 0.133. The van der Waals surface area contributed by atoms with Gasteiger partial charge in [-0.25, -0.2) is 24.5 Å². The van der Waals surface area contributed by atoms with Gasteiger partial charge in [-0.3, -0.25) is 9.13 Å². The highest BCUT2D eigenvalue weighted by Gasteiger charge is 2.48. The van der Waals surface area contributed by atoms with E-state index in [1.165, 1.54) is 22.8 Å². The van der Waals surface area contributed by atoms with Gasteiger partial charge < -0.3 is 42.3 Å². The van der Waals surface area contributed by atoms with Crippen molar-refractivity contribution in [1.29, 1.82) is 0 Å². The van der Waals surface area contributed by atoms with Crippen molar-refractivity contribution in [2.45, 2.75) is 50.2 Å². The molecule has 356 valence electrons. The fourth-order valence-corrected chi connectivity index (χ4v) is 8.28. The number of rotatable bonds is 11. The van der Waals surface area contributed by atoms with Gasteiger partial charge >= 0.3 is 27.0 Å². The molecule has 11 rings (SSSR count). The number of benzene rings is 2. The highest BCUT2D eigenvalue weighted by Crippen LogP contribution is 2.36. The van der Waals surface area contributed by atoms with Crippen molar-refractivity contribution in [3.63, 3.8) is 0 Å². The molecule has 4 aliphatic rings. The van der Waals surface area contributed by atoms with Crippen molar-refractivity contribution in [1.82, 2.24) is 34.1 Å². The maximum atomic E-state index is 12.7. The molecule has 0 spiro atoms. The molecule has 69 heavy (non-hydrogen) atoms. The van der Waals surface area contributed by atoms with Gasteiger partial charge in [-0.05, 0) is 78.6 Å². The lowest BCUT2D eigenvalue weighted by Gasteiger charge is -2.26. The molecule has 9 heterocycles. The van der Waals surface area contributed by atoms with Crippen LogP contribution >= 0.6 is 0 Å². The highest BCUT2D eigenvalue weighted by molar-refractivity contribution is 7.88. The Morgan fingerprint density at radius 3 is 1.83 bits per heavy atom. The van der Waals surface area contributed by atoms with E-state index in [1.54, 1.807) is 59.8 Å². The zero-order chi connectivity index (χ0) is 47.7. The van der Waals surface area contributed by atoms with Crippen LogP contribution in [0.3, 0.4) is 0 Å². The first-order chi connectivity index (χ1) is 33.3. The van der Waals surface area contributed by atoms with E-state index in [4.69, 9.17) is 32.8 Å². The van der Waals surface area contributed by atoms with Crippen LogP contribution in [-0.2, 0) is 42.6 Å². The van der Waals surface area contributed by atoms with E-state index in [-0.39, 0.29) is 56.3 Å². The number of hydrogen-bond acceptors (Lipinski definition) is 18. The lowest BCUT2D eigenvalue weighted by Crippen LogP contribution is -2.35. The third-order valence-electron chi connectivity index (χ3n) is 11.0. The summed E-state index contributed by atoms with van der Waals surface area (Å²) in [5.74, 6) is 2.30. The number of nitrogens with one attached hydrogen (secondary N) is 1. The number of aromatic nitrogens is 7. The van der Waals surface area contributed by atoms with Crippen molar-refractivity contribution in [2.24, 2.45) is 0 Å². The first-order valence-corrected chi connectivity index (χ1v) is 22.6. The van der Waals surface area contributed by atoms with Crippen molar-refractivity contribution in [2.75, 3.05) is 31.7 Å². The average molecular weight is 971 g/mol. The molecule has 5 aromatic heterocycles. The fourth-order valence-electron chi connectivity index (χ4n) is 7.83. The smallest absolute Gasteiger partial charge is 0.478 e. The Labute approximate surface area is 388 Å². The van der Waals surface area contributed by atoms with E-state index in [9.17, 15) is 31.2 Å². The summed E-state index contributed by atoms with van der Waals surface area (Å²) in [5, 5.41) is 3.32. The zero-order valence-electron chi connectivity index (χ0n) is 35.8. The van der Waals surface area contributed by atoms with E-state index in [1.807, 2.05) is 12.1 Å². The molecule has 2 aromatic carbocycles. The lowest BCUT2D eigenvalue weighted by molar-refractivity contribution is -0.0500. The molecule has 2 unspecified atom stereocenters. The summed E-state index contributed by atoms with van der Waals surface area (Å²) in [6, 6.07) is 20.0. The Kier molecular flexibility index (Phi) is 12.0. The van der Waals surface area contributed by atoms with Gasteiger partial charge in [-0.1, -0.05) is 6.07 Å². The molecule has 20 nitrogen and oxygen atoms in total. The molecule has 0 radical (unpaired) electrons. The van der Waals surface area contributed by atoms with Crippen LogP contribution in [0.2, 0.25) is 0 Å². The Hall–Kier alpha value is -8.15. The molecule has 0 saturated heterocycles. The van der Waals surface area contributed by atoms with Gasteiger partial charge in [0.2, 0.25) is 17.7 Å². The molecule has 0 aliphatic carbocycles. The molecule has 0 fully saturated rings. The Bertz CT molecular complexity index is 3280. The molecule has 1 N–H and O–H groups in total. The normalized spacial score (nSPS) is 16.3. The molecule has 0 bridgehead atoms. The van der Waals surface area contributed by atoms with E-state index in [2.05, 4.69) is 40.5 Å². The number of anilines is 1. The van der Waals surface area contributed by atoms with Crippen LogP contribution in [-0.4, -0.2) is 86.6 Å². The number of aryl methyl sites for hydroxylation is 2. The van der Waals surface area contributed by atoms with Crippen molar-refractivity contribution < 1.29 is 58.6 Å². The largest absolute Gasteiger partial charge is 0.534 e. The van der Waals surface area contributed by atoms with Gasteiger partial charge in [0, 0.05) is 54.4 Å². The number of ether oxygens (including phenoxy) is 6. The summed E-state index contributed by atoms with van der Waals surface area (Å²) in [5.41, 5.74) is -1.16. The van der Waals surface area contributed by atoms with Gasteiger partial charge in [0.05, 0.1) is 24.1 Å². The topological polar surface area (TPSA) is 232 Å². The number of hydrogen-bond donors (Lipinski definition) is 1. The number of oxazole rings is 1. The minimum atomic E-state index is -5.80. The summed E-state index contributed by atoms with van der Waals surface area (Å²) in [4.78, 5) is 45.6. The number of halogens is 3. The summed E-state index contributed by atoms with van der Waals surface area (Å²) in [6.07, 6.45) is 6.58. The molecule has 7 aromatic rings. The van der Waals surface area contributed by atoms with Crippen molar-refractivity contribution in [3.8, 4) is 63.3 Å². The highest BCUT2D eigenvalue weighted by atomic mass is 32.2. The predicted molar refractivity (Wildman–Crippen MR) is 234 cm³/mol. The summed E-state index contributed by atoms with van der Waals surface area (Å²) in [6.45, 7) is 1.95. The Morgan fingerprint density at radius 1 is 0.710 bits per heavy atom. The Balaban J connectivity index is 0.000000160. The van der Waals surface area contributed by atoms with Crippen LogP contribution in [0.25, 0.3) is 22.5 Å². The molecule has 24 heteroatoms. The second kappa shape index (κ2) is 18.5. The second-order valence-corrected chi connectivity index (χ2v) is 17.2. The van der Waals surface area contributed by atoms with Gasteiger partial charge in [0.25, 0.3) is 11.8 Å². The first-order valence-electron chi connectivity index (χ1n) is 21.2. The van der Waals surface area contributed by atoms with Gasteiger partial charge in [-0.2, -0.15) is 31.6 Å². The summed E-state index contributed by atoms with van der Waals surface area (Å²) < 4.78 is 107. The van der Waals surface area contributed by atoms with Crippen molar-refractivity contribution in [3.05, 3.63) is 136 Å². The number of fused-ring (bicyclic) bond motifs is 8. The number of alkyl halides is 3. The van der Waals surface area contributed by atoms with E-state index in [0.717, 1.165) is 35.0 Å². The van der Waals surface area contributed by atoms with Gasteiger partial charge in [-0.15, -0.1) is 0 Å². The Morgan fingerprint density at radius 2 is 1.28 bits per heavy atom. The average Bonchev–Trinajstić information content (AvgIpc) is 3.88. The van der Waals surface area contributed by atoms with E-state index >= 15 is 0 Å². The maximum Gasteiger partial charge on any atom is 0.534 e. The van der Waals surface area contributed by atoms with Gasteiger partial charge in [0.15, 0.2) is 23.7 Å². The van der Waals surface area contributed by atoms with Crippen LogP contribution in [0, 0.1) is 0 Å². The first kappa shape index (κ1) is 44.7. The standard InChI is InChI=1S/C24H21N5O5.C21H16F3N3O7S/c30-24-28-21(32-13-17-14-33-23-20(34-17)2-1-6-26-23)11-19-18-4-3-16(10-15(18)5-8-29(19)24)27-12-22-25-7-9-31-22;22-21(23,24)35(29,30)34-13-3-4-15-12(8-13)5-7-27-16(15)9-18(26-20(27)28)31-10-14-11-32-19-17(33-14)2-1-6-25-19/h1-4,6-7,9-11,17,27H,5,8,12-14H2;1-4,6,8-9,14H,5,7,10-11H2. The number of nitrogens with zero attached hydrogens (tertiary/aromatic N) is 7. The lowest BCUT2D eigenvalue weighted by atomic mass is 9.97. The third-order valence-corrected chi connectivity index (χ3v) is 12.0. The molecule has 0 saturated carbocycles. The minimum Gasteiger partial charge on any atom is -0.478 e. The summed E-state index contributed by atoms with van der Waals surface area (Å²) in [7, 11) is -5.80. The zero-order valence-corrected chi connectivity index (χ0v) is 36.6. The monoisotopic (exact) mass is 970 g/mol. The van der Waals surface area contributed by atoms with E-state index < -0.39 is 33.2 Å². The van der Waals surface area contributed by atoms with Gasteiger partial charge in [0.1, 0.15) is 38.4 Å². The van der Waals surface area contributed by atoms with Crippen LogP contribution in [0.1, 0.15) is 17.0 Å². The van der Waals surface area contributed by atoms with Crippen molar-refractivity contribution >= 4 is 15.8 Å². The molecular formula is C45H37F3N8O12S. The molecular weight excluding hydrogens is 934 g/mol.